The first kappa shape index (κ1) is 111. The molecule has 26 heteroatoms. The SMILES string of the molecule is CCCCCCCCCCCCCCCCCCC(=O)OCC1OC(OC2C(OC(=O)CCCCCCCCCCCCCCCCCC)C(O)C(O)C(OC3OC(CO)C(O)C(O)C3O)C2OP(=O)(O)OCC(COC(=O)CCCCCCCCCCCCCCC)OC(=O)CCCCCCCCCCCCCCCCC)C(O)C(O)C1O. The Hall–Kier alpha value is -2.53. The molecule has 3 rings (SSSR count). The summed E-state index contributed by atoms with van der Waals surface area (Å²) in [6.07, 6.45) is 30.7. The lowest BCUT2D eigenvalue weighted by Crippen LogP contribution is -2.70. The number of hydrogen-bond acceptors (Lipinski definition) is 24. The predicted octanol–water partition coefficient (Wildman–Crippen LogP) is 18.6. The van der Waals surface area contributed by atoms with Gasteiger partial charge in [0.15, 0.2) is 24.8 Å². The molecule has 3 fully saturated rings. The molecule has 3 aliphatic rings. The minimum Gasteiger partial charge on any atom is -0.463 e. The number of phosphoric acid groups is 1. The topological polar surface area (TPSA) is 380 Å². The quantitative estimate of drug-likeness (QED) is 0.0117. The van der Waals surface area contributed by atoms with Crippen molar-refractivity contribution in [1.29, 1.82) is 0 Å². The maximum absolute atomic E-state index is 14.9. The van der Waals surface area contributed by atoms with E-state index in [4.69, 9.17) is 46.9 Å². The molecule has 0 aromatic heterocycles. The Labute approximate surface area is 719 Å². The van der Waals surface area contributed by atoms with Crippen LogP contribution in [-0.4, -0.2) is 205 Å². The molecule has 18 atom stereocenters. The number of aliphatic hydroxyl groups is 9. The monoisotopic (exact) mass is 1720 g/mol. The van der Waals surface area contributed by atoms with Gasteiger partial charge in [0.1, 0.15) is 92.6 Å². The van der Waals surface area contributed by atoms with Gasteiger partial charge in [0, 0.05) is 25.7 Å². The number of unbranched alkanes of at least 4 members (excludes halogenated alkanes) is 56. The van der Waals surface area contributed by atoms with Crippen molar-refractivity contribution in [3.05, 3.63) is 0 Å². The van der Waals surface area contributed by atoms with Crippen LogP contribution in [0.15, 0.2) is 0 Å². The third-order valence-corrected chi connectivity index (χ3v) is 25.1. The summed E-state index contributed by atoms with van der Waals surface area (Å²) in [6.45, 7) is 5.66. The summed E-state index contributed by atoms with van der Waals surface area (Å²) in [4.78, 5) is 66.5. The van der Waals surface area contributed by atoms with Gasteiger partial charge in [0.25, 0.3) is 0 Å². The highest BCUT2D eigenvalue weighted by Crippen LogP contribution is 2.49. The highest BCUT2D eigenvalue weighted by Gasteiger charge is 2.60. The summed E-state index contributed by atoms with van der Waals surface area (Å²) in [7, 11) is -5.80. The van der Waals surface area contributed by atoms with Gasteiger partial charge in [-0.1, -0.05) is 387 Å². The van der Waals surface area contributed by atoms with Gasteiger partial charge in [0.2, 0.25) is 0 Å². The van der Waals surface area contributed by atoms with Gasteiger partial charge in [0.05, 0.1) is 13.2 Å². The van der Waals surface area contributed by atoms with Crippen molar-refractivity contribution >= 4 is 31.7 Å². The molecule has 0 amide bonds. The molecule has 1 aliphatic carbocycles. The molecule has 0 bridgehead atoms. The molecule has 2 aliphatic heterocycles. The Kier molecular flexibility index (Phi) is 67.4. The van der Waals surface area contributed by atoms with E-state index in [2.05, 4.69) is 27.7 Å². The number of ether oxygens (including phenoxy) is 8. The van der Waals surface area contributed by atoms with E-state index < -0.39 is 162 Å². The summed E-state index contributed by atoms with van der Waals surface area (Å²) in [5.74, 6) is -2.94. The number of carbonyl (C=O) groups excluding carboxylic acids is 4. The van der Waals surface area contributed by atoms with Gasteiger partial charge in [-0.2, -0.15) is 0 Å². The average molecular weight is 1720 g/mol. The Morgan fingerprint density at radius 2 is 0.580 bits per heavy atom. The van der Waals surface area contributed by atoms with Crippen LogP contribution in [0.1, 0.15) is 439 Å². The maximum Gasteiger partial charge on any atom is 0.472 e. The van der Waals surface area contributed by atoms with E-state index >= 15 is 0 Å². The van der Waals surface area contributed by atoms with Crippen molar-refractivity contribution in [2.45, 2.75) is 543 Å². The van der Waals surface area contributed by atoms with E-state index in [1.54, 1.807) is 0 Å². The number of carbonyl (C=O) groups is 4. The Balaban J connectivity index is 1.90. The fraction of sp³-hybridized carbons (Fsp3) is 0.957. The van der Waals surface area contributed by atoms with Crippen molar-refractivity contribution < 1.29 is 122 Å². The molecule has 1 saturated carbocycles. The van der Waals surface area contributed by atoms with Gasteiger partial charge in [-0.3, -0.25) is 28.2 Å². The summed E-state index contributed by atoms with van der Waals surface area (Å²) in [5.41, 5.74) is 0. The lowest BCUT2D eigenvalue weighted by Gasteiger charge is -2.50. The zero-order valence-electron chi connectivity index (χ0n) is 74.9. The Morgan fingerprint density at radius 1 is 0.303 bits per heavy atom. The largest absolute Gasteiger partial charge is 0.472 e. The van der Waals surface area contributed by atoms with Crippen LogP contribution >= 0.6 is 7.82 Å². The first-order valence-electron chi connectivity index (χ1n) is 48.8. The molecule has 10 N–H and O–H groups in total. The molecule has 2 heterocycles. The smallest absolute Gasteiger partial charge is 0.463 e. The van der Waals surface area contributed by atoms with Crippen LogP contribution < -0.4 is 0 Å². The average Bonchev–Trinajstić information content (AvgIpc) is 0.754. The molecule has 2 saturated heterocycles. The number of hydrogen-bond donors (Lipinski definition) is 10. The van der Waals surface area contributed by atoms with E-state index in [1.165, 1.54) is 225 Å². The second kappa shape index (κ2) is 72.5. The fourth-order valence-electron chi connectivity index (χ4n) is 16.4. The molecule has 18 unspecified atom stereocenters. The molecule has 0 aromatic rings. The third kappa shape index (κ3) is 52.4. The van der Waals surface area contributed by atoms with E-state index in [9.17, 15) is 74.6 Å². The molecular formula is C93H175O25P. The van der Waals surface area contributed by atoms with Crippen molar-refractivity contribution in [3.63, 3.8) is 0 Å². The second-order valence-corrected chi connectivity index (χ2v) is 36.4. The van der Waals surface area contributed by atoms with Crippen molar-refractivity contribution in [2.75, 3.05) is 26.4 Å². The lowest BCUT2D eigenvalue weighted by atomic mass is 9.84. The van der Waals surface area contributed by atoms with Crippen LogP contribution in [0.25, 0.3) is 0 Å². The third-order valence-electron chi connectivity index (χ3n) is 24.1. The molecule has 0 spiro atoms. The summed E-state index contributed by atoms with van der Waals surface area (Å²) >= 11 is 0. The van der Waals surface area contributed by atoms with Crippen LogP contribution in [0, 0.1) is 0 Å². The van der Waals surface area contributed by atoms with Crippen molar-refractivity contribution in [2.24, 2.45) is 0 Å². The van der Waals surface area contributed by atoms with Crippen LogP contribution in [0.5, 0.6) is 0 Å². The summed E-state index contributed by atoms with van der Waals surface area (Å²) in [6, 6.07) is 0. The zero-order chi connectivity index (χ0) is 86.8. The number of phosphoric ester groups is 1. The lowest BCUT2D eigenvalue weighted by molar-refractivity contribution is -0.360. The molecular weight excluding hydrogens is 1550 g/mol. The second-order valence-electron chi connectivity index (χ2n) is 35.0. The maximum atomic E-state index is 14.9. The molecule has 119 heavy (non-hydrogen) atoms. The van der Waals surface area contributed by atoms with Gasteiger partial charge in [-0.05, 0) is 25.7 Å². The predicted molar refractivity (Wildman–Crippen MR) is 463 cm³/mol. The van der Waals surface area contributed by atoms with Crippen LogP contribution in [0.2, 0.25) is 0 Å². The zero-order valence-corrected chi connectivity index (χ0v) is 75.8. The Morgan fingerprint density at radius 3 is 0.916 bits per heavy atom. The van der Waals surface area contributed by atoms with Gasteiger partial charge in [-0.25, -0.2) is 4.57 Å². The van der Waals surface area contributed by atoms with Crippen LogP contribution in [0.3, 0.4) is 0 Å². The van der Waals surface area contributed by atoms with Gasteiger partial charge >= 0.3 is 31.7 Å². The number of esters is 4. The normalized spacial score (nSPS) is 24.8. The standard InChI is InChI=1S/C93H175O25P/c1-5-9-13-17-21-25-29-33-36-39-42-46-50-54-58-62-66-77(96)110-72-75-81(100)83(102)87(106)93(114-75)117-90-88(115-79(98)68-64-60-56-52-48-44-40-37-34-30-26-22-18-14-10-6-2)84(103)85(104)89(116-92-86(105)82(101)80(99)74(69-94)113-92)91(90)118-119(107,108)111-71-73(70-109-76(95)65-61-57-53-49-45-41-32-28-24-20-16-12-8-4)112-78(97)67-63-59-55-51-47-43-38-35-31-27-23-19-15-11-7-3/h73-75,80-94,99-106H,5-72H2,1-4H3,(H,107,108). The number of rotatable bonds is 80. The Bertz CT molecular complexity index is 2470. The van der Waals surface area contributed by atoms with Gasteiger partial charge < -0.3 is 88.7 Å². The highest BCUT2D eigenvalue weighted by molar-refractivity contribution is 7.47. The minimum atomic E-state index is -5.80. The van der Waals surface area contributed by atoms with Crippen molar-refractivity contribution in [3.8, 4) is 0 Å². The summed E-state index contributed by atoms with van der Waals surface area (Å²) < 4.78 is 73.6. The first-order valence-corrected chi connectivity index (χ1v) is 50.3. The van der Waals surface area contributed by atoms with Gasteiger partial charge in [-0.15, -0.1) is 0 Å². The number of aliphatic hydroxyl groups excluding tert-OH is 9. The van der Waals surface area contributed by atoms with Crippen molar-refractivity contribution in [1.82, 2.24) is 0 Å². The first-order chi connectivity index (χ1) is 57.7. The van der Waals surface area contributed by atoms with Crippen LogP contribution in [0.4, 0.5) is 0 Å². The van der Waals surface area contributed by atoms with E-state index in [-0.39, 0.29) is 25.7 Å². The van der Waals surface area contributed by atoms with E-state index in [0.717, 1.165) is 128 Å². The molecule has 25 nitrogen and oxygen atoms in total. The molecule has 0 aromatic carbocycles. The minimum absolute atomic E-state index is 0.0205. The van der Waals surface area contributed by atoms with E-state index in [1.807, 2.05) is 0 Å². The molecule has 0 radical (unpaired) electrons. The van der Waals surface area contributed by atoms with Crippen LogP contribution in [-0.2, 0) is 70.7 Å². The molecule has 702 valence electrons. The van der Waals surface area contributed by atoms with E-state index in [0.29, 0.717) is 32.1 Å². The fourth-order valence-corrected chi connectivity index (χ4v) is 17.3. The summed E-state index contributed by atoms with van der Waals surface area (Å²) in [5, 5.41) is 102. The highest BCUT2D eigenvalue weighted by atomic mass is 31.2.